The monoisotopic (exact) mass is 412 g/mol. The normalized spacial score (nSPS) is 26.9. The molecular weight excluding hydrogens is 393 g/mol. The van der Waals surface area contributed by atoms with Crippen LogP contribution >= 0.6 is 0 Å². The molecule has 7 heteroatoms. The van der Waals surface area contributed by atoms with Gasteiger partial charge in [-0.3, -0.25) is 4.79 Å². The number of nitriles is 1. The molecule has 2 aromatic rings. The molecule has 2 fully saturated rings. The minimum Gasteiger partial charge on any atom is -0.457 e. The number of ether oxygens (including phenoxy) is 1. The summed E-state index contributed by atoms with van der Waals surface area (Å²) in [6, 6.07) is 14.4. The number of benzene rings is 2. The molecule has 0 radical (unpaired) electrons. The van der Waals surface area contributed by atoms with Crippen LogP contribution in [0.1, 0.15) is 48.3 Å². The fraction of sp³-hybridized carbons (Fsp3) is 0.391. The lowest BCUT2D eigenvalue weighted by molar-refractivity contribution is -0.190. The first-order chi connectivity index (χ1) is 14.4. The van der Waals surface area contributed by atoms with Crippen molar-refractivity contribution in [3.05, 3.63) is 59.2 Å². The Morgan fingerprint density at radius 1 is 1.03 bits per heavy atom. The van der Waals surface area contributed by atoms with Gasteiger partial charge in [-0.2, -0.15) is 18.4 Å². The lowest BCUT2D eigenvalue weighted by atomic mass is 9.72. The van der Waals surface area contributed by atoms with E-state index in [0.717, 1.165) is 16.0 Å². The Labute approximate surface area is 171 Å². The van der Waals surface area contributed by atoms with Crippen molar-refractivity contribution < 1.29 is 22.7 Å². The molecule has 0 aliphatic carbocycles. The standard InChI is InChI=1S/C23H19F3N2O2/c24-23(25,26)22(29)28-15-6-7-16(28)11-14(10-15)21-17-3-1-2-4-19(17)30-20-9-13(12-27)5-8-18(20)21/h1-5,8-9,14-16,21H,6-7,10-11H2. The summed E-state index contributed by atoms with van der Waals surface area (Å²) in [6.07, 6.45) is -2.57. The number of alkyl halides is 3. The Hall–Kier alpha value is -3.01. The molecule has 2 saturated heterocycles. The van der Waals surface area contributed by atoms with Crippen LogP contribution in [0.4, 0.5) is 13.2 Å². The number of amides is 1. The van der Waals surface area contributed by atoms with E-state index < -0.39 is 12.1 Å². The zero-order valence-electron chi connectivity index (χ0n) is 16.0. The maximum atomic E-state index is 13.1. The average molecular weight is 412 g/mol. The third kappa shape index (κ3) is 2.94. The van der Waals surface area contributed by atoms with Crippen LogP contribution in [-0.4, -0.2) is 29.1 Å². The number of carbonyl (C=O) groups excluding carboxylic acids is 1. The molecule has 30 heavy (non-hydrogen) atoms. The molecule has 3 aliphatic rings. The average Bonchev–Trinajstić information content (AvgIpc) is 2.99. The van der Waals surface area contributed by atoms with Gasteiger partial charge in [-0.25, -0.2) is 0 Å². The number of hydrogen-bond acceptors (Lipinski definition) is 3. The van der Waals surface area contributed by atoms with Crippen molar-refractivity contribution in [1.82, 2.24) is 4.90 Å². The Morgan fingerprint density at radius 2 is 1.70 bits per heavy atom. The molecule has 5 rings (SSSR count). The highest BCUT2D eigenvalue weighted by Gasteiger charge is 2.53. The molecule has 0 N–H and O–H groups in total. The summed E-state index contributed by atoms with van der Waals surface area (Å²) in [5.41, 5.74) is 2.46. The van der Waals surface area contributed by atoms with Gasteiger partial charge < -0.3 is 9.64 Å². The molecule has 154 valence electrons. The first-order valence-corrected chi connectivity index (χ1v) is 10.1. The van der Waals surface area contributed by atoms with E-state index in [-0.39, 0.29) is 23.9 Å². The lowest BCUT2D eigenvalue weighted by Gasteiger charge is -2.43. The van der Waals surface area contributed by atoms with Gasteiger partial charge in [0.05, 0.1) is 11.6 Å². The van der Waals surface area contributed by atoms with Gasteiger partial charge in [0.1, 0.15) is 11.5 Å². The van der Waals surface area contributed by atoms with Crippen LogP contribution < -0.4 is 4.74 Å². The summed E-state index contributed by atoms with van der Waals surface area (Å²) < 4.78 is 45.3. The highest BCUT2D eigenvalue weighted by Crippen LogP contribution is 2.53. The molecule has 3 heterocycles. The van der Waals surface area contributed by atoms with E-state index >= 15 is 0 Å². The van der Waals surface area contributed by atoms with Gasteiger partial charge in [-0.15, -0.1) is 0 Å². The summed E-state index contributed by atoms with van der Waals surface area (Å²) in [7, 11) is 0. The molecule has 1 amide bonds. The van der Waals surface area contributed by atoms with Crippen molar-refractivity contribution in [1.29, 1.82) is 5.26 Å². The van der Waals surface area contributed by atoms with E-state index in [4.69, 9.17) is 4.74 Å². The first-order valence-electron chi connectivity index (χ1n) is 10.1. The largest absolute Gasteiger partial charge is 0.471 e. The number of piperidine rings is 1. The Morgan fingerprint density at radius 3 is 2.37 bits per heavy atom. The van der Waals surface area contributed by atoms with Crippen LogP contribution in [0.5, 0.6) is 11.5 Å². The zero-order chi connectivity index (χ0) is 21.0. The van der Waals surface area contributed by atoms with E-state index in [1.165, 1.54) is 0 Å². The predicted molar refractivity (Wildman–Crippen MR) is 102 cm³/mol. The number of fused-ring (bicyclic) bond motifs is 4. The van der Waals surface area contributed by atoms with Gasteiger partial charge in [0.2, 0.25) is 0 Å². The highest BCUT2D eigenvalue weighted by atomic mass is 19.4. The number of halogens is 3. The van der Waals surface area contributed by atoms with Crippen LogP contribution in [-0.2, 0) is 4.79 Å². The van der Waals surface area contributed by atoms with Crippen molar-refractivity contribution in [2.45, 2.75) is 49.9 Å². The molecule has 2 bridgehead atoms. The minimum atomic E-state index is -4.83. The summed E-state index contributed by atoms with van der Waals surface area (Å²) in [4.78, 5) is 13.1. The van der Waals surface area contributed by atoms with Crippen molar-refractivity contribution in [3.8, 4) is 17.6 Å². The van der Waals surface area contributed by atoms with Crippen molar-refractivity contribution >= 4 is 5.91 Å². The Balaban J connectivity index is 1.52. The quantitative estimate of drug-likeness (QED) is 0.653. The molecule has 0 saturated carbocycles. The SMILES string of the molecule is N#Cc1ccc2c(c1)Oc1ccccc1C2C1CC2CCC(C1)N2C(=O)C(F)(F)F. The van der Waals surface area contributed by atoms with Crippen molar-refractivity contribution in [2.75, 3.05) is 0 Å². The fourth-order valence-corrected chi connectivity index (χ4v) is 5.54. The van der Waals surface area contributed by atoms with Crippen molar-refractivity contribution in [2.24, 2.45) is 5.92 Å². The van der Waals surface area contributed by atoms with E-state index in [1.54, 1.807) is 12.1 Å². The molecule has 2 aromatic carbocycles. The Bertz CT molecular complexity index is 1050. The Kier molecular flexibility index (Phi) is 4.28. The molecule has 4 nitrogen and oxygen atoms in total. The number of carbonyl (C=O) groups is 1. The summed E-state index contributed by atoms with van der Waals surface area (Å²) >= 11 is 0. The van der Waals surface area contributed by atoms with Crippen molar-refractivity contribution in [3.63, 3.8) is 0 Å². The smallest absolute Gasteiger partial charge is 0.457 e. The van der Waals surface area contributed by atoms with Gasteiger partial charge in [0.25, 0.3) is 0 Å². The predicted octanol–water partition coefficient (Wildman–Crippen LogP) is 5.13. The van der Waals surface area contributed by atoms with Gasteiger partial charge in [-0.1, -0.05) is 24.3 Å². The molecule has 3 atom stereocenters. The van der Waals surface area contributed by atoms with E-state index in [2.05, 4.69) is 6.07 Å². The van der Waals surface area contributed by atoms with E-state index in [9.17, 15) is 23.2 Å². The third-order valence-corrected chi connectivity index (χ3v) is 6.67. The molecular formula is C23H19F3N2O2. The first kappa shape index (κ1) is 19.0. The number of nitrogens with zero attached hydrogens (tertiary/aromatic N) is 2. The fourth-order valence-electron chi connectivity index (χ4n) is 5.54. The molecule has 0 aromatic heterocycles. The second-order valence-corrected chi connectivity index (χ2v) is 8.31. The van der Waals surface area contributed by atoms with Crippen LogP contribution in [0.15, 0.2) is 42.5 Å². The van der Waals surface area contributed by atoms with E-state index in [0.29, 0.717) is 42.7 Å². The van der Waals surface area contributed by atoms with Crippen LogP contribution in [0.3, 0.4) is 0 Å². The molecule has 3 aliphatic heterocycles. The number of hydrogen-bond donors (Lipinski definition) is 0. The maximum Gasteiger partial charge on any atom is 0.471 e. The summed E-state index contributed by atoms with van der Waals surface area (Å²) in [5, 5.41) is 9.24. The van der Waals surface area contributed by atoms with Gasteiger partial charge in [0.15, 0.2) is 0 Å². The highest BCUT2D eigenvalue weighted by molar-refractivity contribution is 5.83. The van der Waals surface area contributed by atoms with Gasteiger partial charge in [0, 0.05) is 29.1 Å². The number of para-hydroxylation sites is 1. The topological polar surface area (TPSA) is 53.3 Å². The van der Waals surface area contributed by atoms with Gasteiger partial charge in [-0.05, 0) is 49.8 Å². The molecule has 0 spiro atoms. The minimum absolute atomic E-state index is 0.0380. The maximum absolute atomic E-state index is 13.1. The summed E-state index contributed by atoms with van der Waals surface area (Å²) in [5.74, 6) is -0.314. The van der Waals surface area contributed by atoms with E-state index in [1.807, 2.05) is 30.3 Å². The van der Waals surface area contributed by atoms with Crippen LogP contribution in [0.2, 0.25) is 0 Å². The van der Waals surface area contributed by atoms with Crippen LogP contribution in [0, 0.1) is 17.2 Å². The second-order valence-electron chi connectivity index (χ2n) is 8.31. The lowest BCUT2D eigenvalue weighted by Crippen LogP contribution is -2.52. The second kappa shape index (κ2) is 6.76. The summed E-state index contributed by atoms with van der Waals surface area (Å²) in [6.45, 7) is 0. The third-order valence-electron chi connectivity index (χ3n) is 6.67. The van der Waals surface area contributed by atoms with Crippen LogP contribution in [0.25, 0.3) is 0 Å². The molecule has 3 unspecified atom stereocenters. The number of rotatable bonds is 1. The zero-order valence-corrected chi connectivity index (χ0v) is 16.0. The van der Waals surface area contributed by atoms with Gasteiger partial charge >= 0.3 is 12.1 Å².